The molecule has 33 heavy (non-hydrogen) atoms. The van der Waals surface area contributed by atoms with Crippen molar-refractivity contribution in [1.29, 1.82) is 0 Å². The number of ether oxygens (including phenoxy) is 2. The first-order valence-corrected chi connectivity index (χ1v) is 9.75. The maximum absolute atomic E-state index is 14.5. The molecule has 0 aliphatic rings. The average Bonchev–Trinajstić information content (AvgIpc) is 3.40. The van der Waals surface area contributed by atoms with Crippen LogP contribution in [0.25, 0.3) is 22.3 Å². The van der Waals surface area contributed by atoms with E-state index >= 15 is 0 Å². The molecule has 0 saturated carbocycles. The molecule has 2 aromatic heterocycles. The Labute approximate surface area is 186 Å². The van der Waals surface area contributed by atoms with E-state index in [2.05, 4.69) is 9.97 Å². The molecular formula is C22H20F3N5O3. The number of amides is 1. The molecule has 8 nitrogen and oxygen atoms in total. The van der Waals surface area contributed by atoms with Crippen molar-refractivity contribution in [3.05, 3.63) is 66.6 Å². The van der Waals surface area contributed by atoms with E-state index in [1.54, 1.807) is 54.5 Å². The number of methoxy groups -OCH3 is 2. The van der Waals surface area contributed by atoms with Crippen LogP contribution in [0, 0.1) is 0 Å². The third-order valence-electron chi connectivity index (χ3n) is 5.12. The zero-order chi connectivity index (χ0) is 23.8. The molecule has 0 aliphatic heterocycles. The van der Waals surface area contributed by atoms with Gasteiger partial charge in [0.2, 0.25) is 0 Å². The van der Waals surface area contributed by atoms with Crippen molar-refractivity contribution in [2.75, 3.05) is 14.2 Å². The van der Waals surface area contributed by atoms with Crippen molar-refractivity contribution in [1.82, 2.24) is 24.4 Å². The van der Waals surface area contributed by atoms with Gasteiger partial charge in [0.25, 0.3) is 5.91 Å². The van der Waals surface area contributed by atoms with Crippen LogP contribution < -0.4 is 10.1 Å². The number of imidazole rings is 2. The summed E-state index contributed by atoms with van der Waals surface area (Å²) in [6, 6.07) is 11.8. The largest absolute Gasteiger partial charge is 0.468 e. The van der Waals surface area contributed by atoms with Gasteiger partial charge in [-0.05, 0) is 24.3 Å². The van der Waals surface area contributed by atoms with Crippen LogP contribution in [0.4, 0.5) is 13.2 Å². The molecule has 0 radical (unpaired) electrons. The molecule has 4 rings (SSSR count). The summed E-state index contributed by atoms with van der Waals surface area (Å²) >= 11 is 0. The number of nitrogens with zero attached hydrogens (tertiary/aromatic N) is 4. The highest BCUT2D eigenvalue weighted by molar-refractivity contribution is 5.94. The molecule has 1 atom stereocenters. The SMILES string of the molecule is COc1nc2cc(-c3cn(C)cn3)ccc2n1C(NC(=O)c1ccccc1)(OC)C(F)(F)F. The number of fused-ring (bicyclic) bond motifs is 1. The van der Waals surface area contributed by atoms with Crippen molar-refractivity contribution in [2.45, 2.75) is 12.0 Å². The van der Waals surface area contributed by atoms with Gasteiger partial charge in [-0.2, -0.15) is 18.2 Å². The Morgan fingerprint density at radius 3 is 2.39 bits per heavy atom. The van der Waals surface area contributed by atoms with Crippen LogP contribution in [0.15, 0.2) is 61.1 Å². The summed E-state index contributed by atoms with van der Waals surface area (Å²) in [6.07, 6.45) is -1.70. The van der Waals surface area contributed by atoms with Crippen LogP contribution in [0.3, 0.4) is 0 Å². The van der Waals surface area contributed by atoms with E-state index in [1.807, 2.05) is 5.32 Å². The average molecular weight is 459 g/mol. The van der Waals surface area contributed by atoms with Gasteiger partial charge in [-0.3, -0.25) is 10.1 Å². The van der Waals surface area contributed by atoms with E-state index in [0.29, 0.717) is 15.8 Å². The minimum absolute atomic E-state index is 0.0315. The predicted molar refractivity (Wildman–Crippen MR) is 113 cm³/mol. The first kappa shape index (κ1) is 22.3. The van der Waals surface area contributed by atoms with E-state index in [0.717, 1.165) is 7.11 Å². The Hall–Kier alpha value is -3.86. The second-order valence-corrected chi connectivity index (χ2v) is 7.23. The number of carbonyl (C=O) groups is 1. The lowest BCUT2D eigenvalue weighted by molar-refractivity contribution is -0.317. The third-order valence-corrected chi connectivity index (χ3v) is 5.12. The van der Waals surface area contributed by atoms with Crippen molar-refractivity contribution >= 4 is 16.9 Å². The third kappa shape index (κ3) is 3.80. The summed E-state index contributed by atoms with van der Waals surface area (Å²) in [5.74, 6) is -4.27. The molecule has 11 heteroatoms. The highest BCUT2D eigenvalue weighted by Gasteiger charge is 2.61. The summed E-state index contributed by atoms with van der Waals surface area (Å²) in [6.45, 7) is 0. The van der Waals surface area contributed by atoms with Gasteiger partial charge in [-0.1, -0.05) is 24.3 Å². The highest BCUT2D eigenvalue weighted by atomic mass is 19.4. The fourth-order valence-corrected chi connectivity index (χ4v) is 3.55. The molecule has 1 N–H and O–H groups in total. The summed E-state index contributed by atoms with van der Waals surface area (Å²) in [4.78, 5) is 21.2. The van der Waals surface area contributed by atoms with E-state index in [4.69, 9.17) is 9.47 Å². The molecular weight excluding hydrogens is 439 g/mol. The molecule has 4 aromatic rings. The number of rotatable bonds is 6. The summed E-state index contributed by atoms with van der Waals surface area (Å²) in [7, 11) is 3.85. The second kappa shape index (κ2) is 8.24. The summed E-state index contributed by atoms with van der Waals surface area (Å²) in [5, 5.41) is 2.00. The van der Waals surface area contributed by atoms with Crippen molar-refractivity contribution in [2.24, 2.45) is 7.05 Å². The van der Waals surface area contributed by atoms with Crippen LogP contribution in [0.5, 0.6) is 6.01 Å². The standard InChI is InChI=1S/C22H20F3N5O3/c1-29-12-17(26-13-29)15-9-10-18-16(11-15)27-20(32-2)30(18)22(33-3,21(23,24)25)28-19(31)14-7-5-4-6-8-14/h4-13H,1-3H3,(H,28,31). The van der Waals surface area contributed by atoms with E-state index in [9.17, 15) is 18.0 Å². The predicted octanol–water partition coefficient (Wildman–Crippen LogP) is 3.69. The first-order chi connectivity index (χ1) is 15.7. The molecule has 1 amide bonds. The number of aromatic nitrogens is 4. The van der Waals surface area contributed by atoms with Gasteiger partial charge in [0.05, 0.1) is 30.2 Å². The monoisotopic (exact) mass is 459 g/mol. The lowest BCUT2D eigenvalue weighted by Crippen LogP contribution is -2.61. The smallest absolute Gasteiger partial charge is 0.459 e. The Kier molecular flexibility index (Phi) is 5.58. The highest BCUT2D eigenvalue weighted by Crippen LogP contribution is 2.41. The molecule has 0 bridgehead atoms. The number of aryl methyl sites for hydroxylation is 1. The lowest BCUT2D eigenvalue weighted by Gasteiger charge is -2.36. The number of halogens is 3. The summed E-state index contributed by atoms with van der Waals surface area (Å²) in [5.41, 5.74) is 1.55. The minimum Gasteiger partial charge on any atom is -0.468 e. The molecule has 0 spiro atoms. The first-order valence-electron chi connectivity index (χ1n) is 9.75. The molecule has 172 valence electrons. The number of hydrogen-bond acceptors (Lipinski definition) is 5. The van der Waals surface area contributed by atoms with E-state index < -0.39 is 23.9 Å². The Balaban J connectivity index is 1.89. The second-order valence-electron chi connectivity index (χ2n) is 7.23. The van der Waals surface area contributed by atoms with Crippen LogP contribution in [-0.4, -0.2) is 45.4 Å². The summed E-state index contributed by atoms with van der Waals surface area (Å²) < 4.78 is 56.2. The number of carbonyl (C=O) groups excluding carboxylic acids is 1. The Morgan fingerprint density at radius 2 is 1.82 bits per heavy atom. The topological polar surface area (TPSA) is 83.2 Å². The number of hydrogen-bond donors (Lipinski definition) is 1. The van der Waals surface area contributed by atoms with Crippen molar-refractivity contribution in [3.8, 4) is 17.3 Å². The van der Waals surface area contributed by atoms with Gasteiger partial charge >= 0.3 is 18.0 Å². The number of benzene rings is 2. The van der Waals surface area contributed by atoms with Crippen molar-refractivity contribution in [3.63, 3.8) is 0 Å². The fourth-order valence-electron chi connectivity index (χ4n) is 3.55. The van der Waals surface area contributed by atoms with E-state index in [1.165, 1.54) is 25.3 Å². The van der Waals surface area contributed by atoms with Crippen LogP contribution in [0.2, 0.25) is 0 Å². The van der Waals surface area contributed by atoms with Crippen LogP contribution in [-0.2, 0) is 17.6 Å². The molecule has 0 saturated heterocycles. The molecule has 0 fully saturated rings. The lowest BCUT2D eigenvalue weighted by atomic mass is 10.1. The molecule has 0 aliphatic carbocycles. The van der Waals surface area contributed by atoms with Gasteiger partial charge in [0.1, 0.15) is 0 Å². The van der Waals surface area contributed by atoms with Gasteiger partial charge in [0.15, 0.2) is 0 Å². The normalized spacial score (nSPS) is 13.6. The quantitative estimate of drug-likeness (QED) is 0.445. The Morgan fingerprint density at radius 1 is 1.09 bits per heavy atom. The Bertz CT molecular complexity index is 1300. The van der Waals surface area contributed by atoms with Crippen LogP contribution in [0.1, 0.15) is 10.4 Å². The number of nitrogens with one attached hydrogen (secondary N) is 1. The maximum Gasteiger partial charge on any atom is 0.459 e. The van der Waals surface area contributed by atoms with Gasteiger partial charge < -0.3 is 14.0 Å². The van der Waals surface area contributed by atoms with Crippen LogP contribution >= 0.6 is 0 Å². The van der Waals surface area contributed by atoms with Gasteiger partial charge in [0, 0.05) is 31.5 Å². The maximum atomic E-state index is 14.5. The van der Waals surface area contributed by atoms with E-state index in [-0.39, 0.29) is 16.6 Å². The zero-order valence-electron chi connectivity index (χ0n) is 17.9. The molecule has 2 aromatic carbocycles. The number of alkyl halides is 3. The molecule has 1 unspecified atom stereocenters. The minimum atomic E-state index is -5.08. The van der Waals surface area contributed by atoms with Gasteiger partial charge in [-0.25, -0.2) is 9.55 Å². The van der Waals surface area contributed by atoms with Gasteiger partial charge in [-0.15, -0.1) is 0 Å². The molecule has 2 heterocycles. The zero-order valence-corrected chi connectivity index (χ0v) is 17.9. The fraction of sp³-hybridized carbons (Fsp3) is 0.227. The van der Waals surface area contributed by atoms with Crippen molar-refractivity contribution < 1.29 is 27.4 Å².